The second-order valence-corrected chi connectivity index (χ2v) is 5.66. The third kappa shape index (κ3) is 3.17. The predicted molar refractivity (Wildman–Crippen MR) is 75.8 cm³/mol. The highest BCUT2D eigenvalue weighted by Crippen LogP contribution is 2.26. The number of thiazole rings is 1. The highest BCUT2D eigenvalue weighted by atomic mass is 32.1. The van der Waals surface area contributed by atoms with Crippen molar-refractivity contribution in [1.82, 2.24) is 9.88 Å². The summed E-state index contributed by atoms with van der Waals surface area (Å²) in [4.78, 5) is 6.63. The minimum atomic E-state index is -0.237. The lowest BCUT2D eigenvalue weighted by atomic mass is 10.3. The van der Waals surface area contributed by atoms with Crippen LogP contribution < -0.4 is 5.32 Å². The molecular weight excluding hydrogens is 249 g/mol. The third-order valence-corrected chi connectivity index (χ3v) is 3.97. The Morgan fingerprint density at radius 1 is 1.44 bits per heavy atom. The second kappa shape index (κ2) is 5.63. The summed E-state index contributed by atoms with van der Waals surface area (Å²) >= 11 is 1.56. The van der Waals surface area contributed by atoms with Gasteiger partial charge < -0.3 is 10.2 Å². The summed E-state index contributed by atoms with van der Waals surface area (Å²) in [5.41, 5.74) is 0.722. The lowest BCUT2D eigenvalue weighted by molar-refractivity contribution is 0.284. The Labute approximate surface area is 111 Å². The number of hydrogen-bond donors (Lipinski definition) is 1. The maximum Gasteiger partial charge on any atom is 0.183 e. The third-order valence-electron chi connectivity index (χ3n) is 2.97. The molecule has 0 spiro atoms. The Kier molecular flexibility index (Phi) is 4.14. The largest absolute Gasteiger partial charge is 0.360 e. The van der Waals surface area contributed by atoms with Crippen LogP contribution in [0.25, 0.3) is 10.2 Å². The van der Waals surface area contributed by atoms with Gasteiger partial charge in [0.15, 0.2) is 5.13 Å². The summed E-state index contributed by atoms with van der Waals surface area (Å²) < 4.78 is 14.0. The number of hydrogen-bond acceptors (Lipinski definition) is 4. The maximum absolute atomic E-state index is 13.0. The van der Waals surface area contributed by atoms with Gasteiger partial charge in [0.2, 0.25) is 0 Å². The first-order chi connectivity index (χ1) is 8.56. The summed E-state index contributed by atoms with van der Waals surface area (Å²) in [7, 11) is 2.10. The number of nitrogens with one attached hydrogen (secondary N) is 1. The van der Waals surface area contributed by atoms with Crippen molar-refractivity contribution in [2.45, 2.75) is 19.9 Å². The molecule has 0 aliphatic rings. The zero-order valence-electron chi connectivity index (χ0n) is 10.9. The minimum Gasteiger partial charge on any atom is -0.360 e. The first kappa shape index (κ1) is 13.2. The highest BCUT2D eigenvalue weighted by molar-refractivity contribution is 7.22. The Hall–Kier alpha value is -1.20. The van der Waals surface area contributed by atoms with E-state index in [9.17, 15) is 4.39 Å². The molecule has 0 saturated carbocycles. The van der Waals surface area contributed by atoms with Crippen LogP contribution in [0.3, 0.4) is 0 Å². The number of benzene rings is 1. The maximum atomic E-state index is 13.0. The van der Waals surface area contributed by atoms with E-state index in [0.717, 1.165) is 28.4 Å². The van der Waals surface area contributed by atoms with Crippen molar-refractivity contribution >= 4 is 26.7 Å². The number of fused-ring (bicyclic) bond motifs is 1. The summed E-state index contributed by atoms with van der Waals surface area (Å²) in [6, 6.07) is 5.25. The van der Waals surface area contributed by atoms with Crippen LogP contribution in [-0.4, -0.2) is 36.1 Å². The molecule has 0 radical (unpaired) electrons. The Morgan fingerprint density at radius 3 is 2.94 bits per heavy atom. The molecule has 0 aliphatic carbocycles. The molecule has 0 fully saturated rings. The molecule has 18 heavy (non-hydrogen) atoms. The van der Waals surface area contributed by atoms with Crippen LogP contribution in [0.1, 0.15) is 13.8 Å². The van der Waals surface area contributed by atoms with Crippen LogP contribution in [0.15, 0.2) is 18.2 Å². The number of halogens is 1. The first-order valence-electron chi connectivity index (χ1n) is 6.06. The van der Waals surface area contributed by atoms with Gasteiger partial charge in [0.1, 0.15) is 5.82 Å². The highest BCUT2D eigenvalue weighted by Gasteiger charge is 2.06. The molecule has 2 rings (SSSR count). The fourth-order valence-electron chi connectivity index (χ4n) is 1.57. The van der Waals surface area contributed by atoms with E-state index in [1.807, 2.05) is 0 Å². The molecule has 2 aromatic rings. The molecule has 0 saturated heterocycles. The van der Waals surface area contributed by atoms with Gasteiger partial charge in [0, 0.05) is 25.2 Å². The Morgan fingerprint density at radius 2 is 2.22 bits per heavy atom. The van der Waals surface area contributed by atoms with Crippen molar-refractivity contribution in [2.75, 3.05) is 25.5 Å². The van der Waals surface area contributed by atoms with Gasteiger partial charge in [-0.05, 0) is 33.0 Å². The van der Waals surface area contributed by atoms with Crippen molar-refractivity contribution in [3.05, 3.63) is 24.0 Å². The van der Waals surface area contributed by atoms with Crippen LogP contribution in [0.5, 0.6) is 0 Å². The molecule has 5 heteroatoms. The van der Waals surface area contributed by atoms with Crippen molar-refractivity contribution < 1.29 is 4.39 Å². The van der Waals surface area contributed by atoms with Crippen LogP contribution in [0.4, 0.5) is 9.52 Å². The average molecular weight is 267 g/mol. The number of aromatic nitrogens is 1. The van der Waals surface area contributed by atoms with Crippen LogP contribution in [0.2, 0.25) is 0 Å². The molecule has 1 aromatic heterocycles. The molecule has 1 aromatic carbocycles. The first-order valence-corrected chi connectivity index (χ1v) is 6.88. The van der Waals surface area contributed by atoms with E-state index in [2.05, 4.69) is 36.1 Å². The molecule has 0 amide bonds. The fraction of sp³-hybridized carbons (Fsp3) is 0.462. The molecule has 3 nitrogen and oxygen atoms in total. The van der Waals surface area contributed by atoms with Gasteiger partial charge in [0.25, 0.3) is 0 Å². The van der Waals surface area contributed by atoms with Crippen molar-refractivity contribution in [1.29, 1.82) is 0 Å². The van der Waals surface area contributed by atoms with E-state index >= 15 is 0 Å². The van der Waals surface area contributed by atoms with Gasteiger partial charge >= 0.3 is 0 Å². The summed E-state index contributed by atoms with van der Waals surface area (Å²) in [6.07, 6.45) is 0. The van der Waals surface area contributed by atoms with E-state index < -0.39 is 0 Å². The average Bonchev–Trinajstić information content (AvgIpc) is 2.70. The summed E-state index contributed by atoms with van der Waals surface area (Å²) in [5.74, 6) is -0.237. The molecule has 1 N–H and O–H groups in total. The second-order valence-electron chi connectivity index (χ2n) is 4.63. The molecule has 0 aliphatic heterocycles. The SMILES string of the molecule is CC(C)N(C)CCNc1nc2cc(F)ccc2s1. The Balaban J connectivity index is 1.96. The molecule has 0 bridgehead atoms. The summed E-state index contributed by atoms with van der Waals surface area (Å²) in [6.45, 7) is 6.14. The molecule has 98 valence electrons. The van der Waals surface area contributed by atoms with Gasteiger partial charge in [-0.25, -0.2) is 9.37 Å². The number of anilines is 1. The molecular formula is C13H18FN3S. The topological polar surface area (TPSA) is 28.2 Å². The van der Waals surface area contributed by atoms with E-state index in [1.165, 1.54) is 12.1 Å². The molecule has 0 unspecified atom stereocenters. The lowest BCUT2D eigenvalue weighted by Gasteiger charge is -2.20. The zero-order chi connectivity index (χ0) is 13.1. The normalized spacial score (nSPS) is 11.7. The van der Waals surface area contributed by atoms with E-state index in [4.69, 9.17) is 0 Å². The standard InChI is InChI=1S/C13H18FN3S/c1-9(2)17(3)7-6-15-13-16-11-8-10(14)4-5-12(11)18-13/h4-5,8-9H,6-7H2,1-3H3,(H,15,16). The van der Waals surface area contributed by atoms with Gasteiger partial charge in [-0.2, -0.15) is 0 Å². The molecule has 1 heterocycles. The molecule has 0 atom stereocenters. The van der Waals surface area contributed by atoms with Crippen molar-refractivity contribution in [3.63, 3.8) is 0 Å². The monoisotopic (exact) mass is 267 g/mol. The quantitative estimate of drug-likeness (QED) is 0.901. The smallest absolute Gasteiger partial charge is 0.183 e. The lowest BCUT2D eigenvalue weighted by Crippen LogP contribution is -2.31. The van der Waals surface area contributed by atoms with Crippen molar-refractivity contribution in [2.24, 2.45) is 0 Å². The van der Waals surface area contributed by atoms with Crippen LogP contribution >= 0.6 is 11.3 Å². The van der Waals surface area contributed by atoms with Gasteiger partial charge in [0.05, 0.1) is 10.2 Å². The van der Waals surface area contributed by atoms with Gasteiger partial charge in [-0.3, -0.25) is 0 Å². The van der Waals surface area contributed by atoms with Gasteiger partial charge in [-0.15, -0.1) is 0 Å². The minimum absolute atomic E-state index is 0.237. The zero-order valence-corrected chi connectivity index (χ0v) is 11.7. The number of rotatable bonds is 5. The predicted octanol–water partition coefficient (Wildman–Crippen LogP) is 3.19. The van der Waals surface area contributed by atoms with E-state index in [0.29, 0.717) is 6.04 Å². The Bertz CT molecular complexity index is 524. The summed E-state index contributed by atoms with van der Waals surface area (Å²) in [5, 5.41) is 4.14. The van der Waals surface area contributed by atoms with Crippen molar-refractivity contribution in [3.8, 4) is 0 Å². The van der Waals surface area contributed by atoms with E-state index in [1.54, 1.807) is 17.4 Å². The fourth-order valence-corrected chi connectivity index (χ4v) is 2.45. The number of nitrogens with zero attached hydrogens (tertiary/aromatic N) is 2. The van der Waals surface area contributed by atoms with Crippen LogP contribution in [0, 0.1) is 5.82 Å². The van der Waals surface area contributed by atoms with E-state index in [-0.39, 0.29) is 5.82 Å². The number of likely N-dealkylation sites (N-methyl/N-ethyl adjacent to an activating group) is 1. The van der Waals surface area contributed by atoms with Crippen LogP contribution in [-0.2, 0) is 0 Å². The van der Waals surface area contributed by atoms with Gasteiger partial charge in [-0.1, -0.05) is 11.3 Å².